The summed E-state index contributed by atoms with van der Waals surface area (Å²) in [4.78, 5) is 31.8. The predicted molar refractivity (Wildman–Crippen MR) is 224 cm³/mol. The average molecular weight is 813 g/mol. The first-order valence-electron chi connectivity index (χ1n) is 19.6. The van der Waals surface area contributed by atoms with Crippen molar-refractivity contribution in [3.63, 3.8) is 0 Å². The number of aliphatic imine (C=N–C) groups is 1. The van der Waals surface area contributed by atoms with Crippen molar-refractivity contribution in [1.29, 1.82) is 0 Å². The number of rotatable bonds is 19. The van der Waals surface area contributed by atoms with E-state index in [0.717, 1.165) is 58.3 Å². The lowest BCUT2D eigenvalue weighted by molar-refractivity contribution is -0.148. The second-order valence-electron chi connectivity index (χ2n) is 14.6. The summed E-state index contributed by atoms with van der Waals surface area (Å²) in [5.74, 6) is -3.71. The molecule has 0 aliphatic carbocycles. The number of nitrogens with zero attached hydrogens (tertiary/aromatic N) is 2. The SMILES string of the molecule is CCCCC(CC)Cn1c2ccc(/C(=N/CC(C)=O)c3ccccc3OCC(F)(F)C(F)F)cc2c2cc(C(=O)c3c(OC)cc(OC)cc3OC)c3ccccc3c21. The standard InChI is InChI=1S/C47H48F4N2O6/c1-7-9-14-29(8-2)26-53-38-20-19-30(43(52-25-28(3)54)34-17-12-13-18-39(34)59-27-47(50,51)46(48)49)21-35(38)36-24-37(32-15-10-11-16-33(32)44(36)53)45(55)42-40(57-5)22-31(56-4)23-41(42)58-6/h10-13,15-24,29,46H,7-9,14,25-27H2,1-6H3/b52-43-. The first kappa shape index (κ1) is 42.7. The zero-order valence-corrected chi connectivity index (χ0v) is 34.0. The molecule has 0 saturated heterocycles. The van der Waals surface area contributed by atoms with E-state index in [1.54, 1.807) is 24.3 Å². The molecule has 0 radical (unpaired) electrons. The minimum atomic E-state index is -4.39. The van der Waals surface area contributed by atoms with Gasteiger partial charge in [-0.05, 0) is 55.0 Å². The molecule has 5 aromatic carbocycles. The fourth-order valence-corrected chi connectivity index (χ4v) is 7.58. The third kappa shape index (κ3) is 8.77. The summed E-state index contributed by atoms with van der Waals surface area (Å²) in [6, 6.07) is 24.8. The maximum Gasteiger partial charge on any atom is 0.340 e. The first-order chi connectivity index (χ1) is 28.4. The van der Waals surface area contributed by atoms with Crippen LogP contribution in [0, 0.1) is 5.92 Å². The Hall–Kier alpha value is -5.91. The van der Waals surface area contributed by atoms with Gasteiger partial charge >= 0.3 is 12.3 Å². The van der Waals surface area contributed by atoms with Crippen molar-refractivity contribution in [1.82, 2.24) is 4.57 Å². The highest BCUT2D eigenvalue weighted by Gasteiger charge is 2.42. The molecular formula is C47H48F4N2O6. The molecule has 0 spiro atoms. The number of aromatic nitrogens is 1. The lowest BCUT2D eigenvalue weighted by Crippen LogP contribution is -2.34. The molecule has 1 unspecified atom stereocenters. The fraction of sp³-hybridized carbons (Fsp3) is 0.340. The fourth-order valence-electron chi connectivity index (χ4n) is 7.58. The summed E-state index contributed by atoms with van der Waals surface area (Å²) in [7, 11) is 4.46. The predicted octanol–water partition coefficient (Wildman–Crippen LogP) is 11.1. The Labute approximate surface area is 340 Å². The number of para-hydroxylation sites is 1. The molecule has 1 atom stereocenters. The van der Waals surface area contributed by atoms with Crippen LogP contribution >= 0.6 is 0 Å². The van der Waals surface area contributed by atoms with E-state index in [2.05, 4.69) is 23.4 Å². The molecule has 0 aliphatic rings. The second kappa shape index (κ2) is 18.3. The van der Waals surface area contributed by atoms with Crippen molar-refractivity contribution in [3.8, 4) is 23.0 Å². The maximum atomic E-state index is 14.9. The number of ether oxygens (including phenoxy) is 4. The van der Waals surface area contributed by atoms with E-state index in [-0.39, 0.29) is 52.2 Å². The molecule has 0 aliphatic heterocycles. The summed E-state index contributed by atoms with van der Waals surface area (Å²) in [5.41, 5.74) is 3.45. The van der Waals surface area contributed by atoms with Crippen molar-refractivity contribution in [3.05, 3.63) is 107 Å². The molecular weight excluding hydrogens is 765 g/mol. The molecule has 0 bridgehead atoms. The van der Waals surface area contributed by atoms with Gasteiger partial charge in [-0.1, -0.05) is 75.6 Å². The number of unbranched alkanes of at least 4 members (excludes halogenated alkanes) is 1. The van der Waals surface area contributed by atoms with E-state index in [1.807, 2.05) is 48.5 Å². The van der Waals surface area contributed by atoms with Crippen LogP contribution in [0.1, 0.15) is 73.5 Å². The lowest BCUT2D eigenvalue weighted by atomic mass is 9.93. The molecule has 12 heteroatoms. The Morgan fingerprint density at radius 3 is 2.08 bits per heavy atom. The number of ketones is 2. The highest BCUT2D eigenvalue weighted by molar-refractivity contribution is 6.27. The highest BCUT2D eigenvalue weighted by atomic mass is 19.3. The maximum absolute atomic E-state index is 14.9. The molecule has 0 saturated carbocycles. The Balaban J connectivity index is 1.65. The van der Waals surface area contributed by atoms with Gasteiger partial charge in [-0.3, -0.25) is 14.6 Å². The zero-order chi connectivity index (χ0) is 42.4. The van der Waals surface area contributed by atoms with Crippen LogP contribution in [0.25, 0.3) is 32.6 Å². The van der Waals surface area contributed by atoms with Crippen LogP contribution in [-0.2, 0) is 11.3 Å². The number of benzene rings is 5. The summed E-state index contributed by atoms with van der Waals surface area (Å²) >= 11 is 0. The molecule has 6 rings (SSSR count). The molecule has 1 heterocycles. The van der Waals surface area contributed by atoms with Gasteiger partial charge in [0.05, 0.1) is 39.1 Å². The third-order valence-electron chi connectivity index (χ3n) is 10.6. The number of hydrogen-bond acceptors (Lipinski definition) is 7. The Kier molecular flexibility index (Phi) is 13.3. The average Bonchev–Trinajstić information content (AvgIpc) is 3.55. The van der Waals surface area contributed by atoms with E-state index < -0.39 is 19.0 Å². The van der Waals surface area contributed by atoms with Crippen LogP contribution in [-0.4, -0.2) is 68.7 Å². The van der Waals surface area contributed by atoms with Crippen molar-refractivity contribution < 1.29 is 46.1 Å². The number of fused-ring (bicyclic) bond motifs is 5. The molecule has 0 N–H and O–H groups in total. The van der Waals surface area contributed by atoms with Gasteiger partial charge in [0.25, 0.3) is 0 Å². The zero-order valence-electron chi connectivity index (χ0n) is 34.0. The Morgan fingerprint density at radius 2 is 1.46 bits per heavy atom. The van der Waals surface area contributed by atoms with Gasteiger partial charge in [-0.25, -0.2) is 8.78 Å². The van der Waals surface area contributed by atoms with E-state index in [1.165, 1.54) is 40.4 Å². The van der Waals surface area contributed by atoms with Gasteiger partial charge in [0.1, 0.15) is 28.6 Å². The number of carbonyl (C=O) groups excluding carboxylic acids is 2. The number of alkyl halides is 4. The van der Waals surface area contributed by atoms with E-state index in [4.69, 9.17) is 18.9 Å². The van der Waals surface area contributed by atoms with Crippen molar-refractivity contribution >= 4 is 49.9 Å². The van der Waals surface area contributed by atoms with E-state index in [9.17, 15) is 27.2 Å². The smallest absolute Gasteiger partial charge is 0.340 e. The topological polar surface area (TPSA) is 88.4 Å². The number of methoxy groups -OCH3 is 3. The van der Waals surface area contributed by atoms with Crippen molar-refractivity contribution in [2.45, 2.75) is 65.3 Å². The third-order valence-corrected chi connectivity index (χ3v) is 10.6. The normalized spacial score (nSPS) is 12.7. The minimum absolute atomic E-state index is 0.0966. The van der Waals surface area contributed by atoms with Gasteiger partial charge in [0, 0.05) is 57.0 Å². The minimum Gasteiger partial charge on any atom is -0.496 e. The van der Waals surface area contributed by atoms with Crippen molar-refractivity contribution in [2.24, 2.45) is 10.9 Å². The number of halogens is 4. The summed E-state index contributed by atoms with van der Waals surface area (Å²) in [6.45, 7) is 4.65. The molecule has 1 aromatic heterocycles. The second-order valence-corrected chi connectivity index (χ2v) is 14.6. The summed E-state index contributed by atoms with van der Waals surface area (Å²) in [5, 5.41) is 3.13. The highest BCUT2D eigenvalue weighted by Crippen LogP contribution is 2.42. The van der Waals surface area contributed by atoms with Crippen LogP contribution in [0.2, 0.25) is 0 Å². The summed E-state index contributed by atoms with van der Waals surface area (Å²) < 4.78 is 78.9. The largest absolute Gasteiger partial charge is 0.496 e. The van der Waals surface area contributed by atoms with Gasteiger partial charge in [-0.15, -0.1) is 0 Å². The van der Waals surface area contributed by atoms with Gasteiger partial charge in [0.15, 0.2) is 12.4 Å². The van der Waals surface area contributed by atoms with Gasteiger partial charge in [-0.2, -0.15) is 8.78 Å². The van der Waals surface area contributed by atoms with Crippen LogP contribution < -0.4 is 18.9 Å². The summed E-state index contributed by atoms with van der Waals surface area (Å²) in [6.07, 6.45) is 0.197. The van der Waals surface area contributed by atoms with Gasteiger partial charge < -0.3 is 23.5 Å². The Bertz CT molecular complexity index is 2500. The molecule has 6 aromatic rings. The number of hydrogen-bond donors (Lipinski definition) is 0. The molecule has 8 nitrogen and oxygen atoms in total. The molecule has 310 valence electrons. The van der Waals surface area contributed by atoms with Gasteiger partial charge in [0.2, 0.25) is 5.78 Å². The lowest BCUT2D eigenvalue weighted by Gasteiger charge is -2.19. The van der Waals surface area contributed by atoms with E-state index in [0.29, 0.717) is 29.3 Å². The molecule has 0 amide bonds. The number of Topliss-reactive ketones (excluding diaryl/α,β-unsaturated/α-hetero) is 1. The van der Waals surface area contributed by atoms with Crippen LogP contribution in [0.5, 0.6) is 23.0 Å². The van der Waals surface area contributed by atoms with Crippen LogP contribution in [0.15, 0.2) is 89.9 Å². The van der Waals surface area contributed by atoms with E-state index >= 15 is 0 Å². The molecule has 0 fully saturated rings. The monoisotopic (exact) mass is 812 g/mol. The molecule has 59 heavy (non-hydrogen) atoms. The Morgan fingerprint density at radius 1 is 0.780 bits per heavy atom. The van der Waals surface area contributed by atoms with Crippen LogP contribution in [0.3, 0.4) is 0 Å². The number of carbonyl (C=O) groups is 2. The quantitative estimate of drug-likeness (QED) is 0.0460. The van der Waals surface area contributed by atoms with Crippen molar-refractivity contribution in [2.75, 3.05) is 34.5 Å². The van der Waals surface area contributed by atoms with Crippen LogP contribution in [0.4, 0.5) is 17.6 Å². The first-order valence-corrected chi connectivity index (χ1v) is 19.6.